The number of para-hydroxylation sites is 1. The summed E-state index contributed by atoms with van der Waals surface area (Å²) in [7, 11) is 0. The maximum atomic E-state index is 11.6. The summed E-state index contributed by atoms with van der Waals surface area (Å²) in [6, 6.07) is 9.70. The average molecular weight is 260 g/mol. The Morgan fingerprint density at radius 3 is 2.83 bits per heavy atom. The van der Waals surface area contributed by atoms with Crippen molar-refractivity contribution in [2.75, 3.05) is 0 Å². The van der Waals surface area contributed by atoms with Gasteiger partial charge < -0.3 is 0 Å². The third-order valence-electron chi connectivity index (χ3n) is 2.94. The van der Waals surface area contributed by atoms with Gasteiger partial charge in [-0.2, -0.15) is 4.68 Å². The van der Waals surface area contributed by atoms with Gasteiger partial charge in [0.05, 0.1) is 10.9 Å². The van der Waals surface area contributed by atoms with Crippen molar-refractivity contribution >= 4 is 17.5 Å². The van der Waals surface area contributed by atoms with Crippen LogP contribution >= 0.6 is 11.8 Å². The molecule has 1 aliphatic carbocycles. The van der Waals surface area contributed by atoms with Gasteiger partial charge in [-0.05, 0) is 35.4 Å². The van der Waals surface area contributed by atoms with E-state index >= 15 is 0 Å². The first kappa shape index (κ1) is 11.4. The topological polar surface area (TPSA) is 60.7 Å². The number of thioether (sulfide) groups is 1. The van der Waals surface area contributed by atoms with Crippen LogP contribution in [0.3, 0.4) is 0 Å². The number of hydrogen-bond acceptors (Lipinski definition) is 5. The van der Waals surface area contributed by atoms with Crippen LogP contribution in [0.2, 0.25) is 0 Å². The van der Waals surface area contributed by atoms with Crippen LogP contribution in [0.4, 0.5) is 0 Å². The van der Waals surface area contributed by atoms with Crippen LogP contribution < -0.4 is 0 Å². The maximum Gasteiger partial charge on any atom is 0.214 e. The zero-order valence-corrected chi connectivity index (χ0v) is 10.5. The van der Waals surface area contributed by atoms with E-state index in [1.54, 1.807) is 4.68 Å². The molecule has 0 bridgehead atoms. The quantitative estimate of drug-likeness (QED) is 0.843. The van der Waals surface area contributed by atoms with Crippen LogP contribution in [0.1, 0.15) is 19.3 Å². The van der Waals surface area contributed by atoms with Crippen LogP contribution in [0.25, 0.3) is 5.69 Å². The van der Waals surface area contributed by atoms with Gasteiger partial charge >= 0.3 is 0 Å². The monoisotopic (exact) mass is 260 g/mol. The lowest BCUT2D eigenvalue weighted by Gasteiger charge is -2.07. The summed E-state index contributed by atoms with van der Waals surface area (Å²) in [6.07, 6.45) is 2.58. The average Bonchev–Trinajstić information content (AvgIpc) is 3.01. The van der Waals surface area contributed by atoms with E-state index in [1.807, 2.05) is 30.3 Å². The molecule has 0 amide bonds. The fourth-order valence-electron chi connectivity index (χ4n) is 2.02. The van der Waals surface area contributed by atoms with E-state index in [-0.39, 0.29) is 5.25 Å². The number of hydrogen-bond donors (Lipinski definition) is 0. The molecule has 92 valence electrons. The molecule has 3 rings (SSSR count). The maximum absolute atomic E-state index is 11.6. The lowest BCUT2D eigenvalue weighted by atomic mass is 10.3. The van der Waals surface area contributed by atoms with Gasteiger partial charge in [-0.25, -0.2) is 0 Å². The summed E-state index contributed by atoms with van der Waals surface area (Å²) in [5, 5.41) is 12.4. The second kappa shape index (κ2) is 4.89. The van der Waals surface area contributed by atoms with Gasteiger partial charge in [0, 0.05) is 6.42 Å². The van der Waals surface area contributed by atoms with Crippen LogP contribution in [-0.4, -0.2) is 31.2 Å². The molecule has 0 unspecified atom stereocenters. The van der Waals surface area contributed by atoms with Crippen molar-refractivity contribution in [1.29, 1.82) is 0 Å². The molecule has 18 heavy (non-hydrogen) atoms. The summed E-state index contributed by atoms with van der Waals surface area (Å²) in [6.45, 7) is 0. The third-order valence-corrected chi connectivity index (χ3v) is 4.19. The van der Waals surface area contributed by atoms with Crippen LogP contribution in [0.15, 0.2) is 35.5 Å². The number of carbonyl (C=O) groups excluding carboxylic acids is 1. The highest BCUT2D eigenvalue weighted by Gasteiger charge is 2.27. The van der Waals surface area contributed by atoms with Crippen LogP contribution in [0, 0.1) is 0 Å². The molecule has 1 aromatic heterocycles. The fraction of sp³-hybridized carbons (Fsp3) is 0.333. The van der Waals surface area contributed by atoms with E-state index < -0.39 is 0 Å². The number of rotatable bonds is 3. The molecule has 0 aliphatic heterocycles. The molecule has 0 saturated heterocycles. The van der Waals surface area contributed by atoms with Gasteiger partial charge in [0.25, 0.3) is 0 Å². The van der Waals surface area contributed by atoms with E-state index in [0.29, 0.717) is 17.4 Å². The van der Waals surface area contributed by atoms with Gasteiger partial charge in [0.2, 0.25) is 5.16 Å². The van der Waals surface area contributed by atoms with Crippen LogP contribution in [-0.2, 0) is 4.79 Å². The highest BCUT2D eigenvalue weighted by atomic mass is 32.2. The summed E-state index contributed by atoms with van der Waals surface area (Å²) in [5.41, 5.74) is 0.912. The highest BCUT2D eigenvalue weighted by molar-refractivity contribution is 8.00. The second-order valence-electron chi connectivity index (χ2n) is 4.17. The van der Waals surface area contributed by atoms with Crippen molar-refractivity contribution in [3.05, 3.63) is 30.3 Å². The molecule has 6 heteroatoms. The number of aromatic nitrogens is 4. The number of carbonyl (C=O) groups is 1. The first-order valence-corrected chi connectivity index (χ1v) is 6.76. The predicted octanol–water partition coefficient (Wildman–Crippen LogP) is 1.88. The molecule has 5 nitrogen and oxygen atoms in total. The fourth-order valence-corrected chi connectivity index (χ4v) is 3.13. The number of tetrazole rings is 1. The van der Waals surface area contributed by atoms with Crippen molar-refractivity contribution in [2.45, 2.75) is 29.7 Å². The van der Waals surface area contributed by atoms with Crippen molar-refractivity contribution < 1.29 is 4.79 Å². The SMILES string of the molecule is O=C1CCC[C@@H]1Sc1nnnn1-c1ccccc1. The van der Waals surface area contributed by atoms with Gasteiger partial charge in [-0.3, -0.25) is 4.79 Å². The molecular weight excluding hydrogens is 248 g/mol. The number of Topliss-reactive ketones (excluding diaryl/α,β-unsaturated/α-hetero) is 1. The van der Waals surface area contributed by atoms with Crippen molar-refractivity contribution in [1.82, 2.24) is 20.2 Å². The van der Waals surface area contributed by atoms with E-state index in [1.165, 1.54) is 11.8 Å². The first-order chi connectivity index (χ1) is 8.84. The second-order valence-corrected chi connectivity index (χ2v) is 5.34. The Morgan fingerprint density at radius 1 is 1.28 bits per heavy atom. The molecule has 0 spiro atoms. The summed E-state index contributed by atoms with van der Waals surface area (Å²) >= 11 is 1.46. The molecule has 1 fully saturated rings. The minimum Gasteiger partial charge on any atom is -0.298 e. The molecule has 0 radical (unpaired) electrons. The van der Waals surface area contributed by atoms with Gasteiger partial charge in [-0.15, -0.1) is 5.10 Å². The van der Waals surface area contributed by atoms with Gasteiger partial charge in [-0.1, -0.05) is 30.0 Å². The van der Waals surface area contributed by atoms with Crippen molar-refractivity contribution in [2.24, 2.45) is 0 Å². The Morgan fingerprint density at radius 2 is 2.11 bits per heavy atom. The summed E-state index contributed by atoms with van der Waals surface area (Å²) in [4.78, 5) is 11.6. The number of benzene rings is 1. The molecule has 1 aromatic carbocycles. The Hall–Kier alpha value is -1.69. The van der Waals surface area contributed by atoms with E-state index in [4.69, 9.17) is 0 Å². The largest absolute Gasteiger partial charge is 0.298 e. The van der Waals surface area contributed by atoms with Crippen molar-refractivity contribution in [3.8, 4) is 5.69 Å². The number of ketones is 1. The highest BCUT2D eigenvalue weighted by Crippen LogP contribution is 2.31. The predicted molar refractivity (Wildman–Crippen MR) is 67.7 cm³/mol. The zero-order valence-electron chi connectivity index (χ0n) is 9.69. The smallest absolute Gasteiger partial charge is 0.214 e. The Labute approximate surface area is 109 Å². The summed E-state index contributed by atoms with van der Waals surface area (Å²) < 4.78 is 1.68. The third kappa shape index (κ3) is 2.15. The Kier molecular flexibility index (Phi) is 3.10. The zero-order chi connectivity index (χ0) is 12.4. The summed E-state index contributed by atoms with van der Waals surface area (Å²) in [5.74, 6) is 0.308. The number of nitrogens with zero attached hydrogens (tertiary/aromatic N) is 4. The lowest BCUT2D eigenvalue weighted by molar-refractivity contribution is -0.116. The molecule has 1 atom stereocenters. The molecule has 1 saturated carbocycles. The minimum absolute atomic E-state index is 0.0125. The first-order valence-electron chi connectivity index (χ1n) is 5.88. The molecule has 0 N–H and O–H groups in total. The molecular formula is C12H12N4OS. The van der Waals surface area contributed by atoms with E-state index in [2.05, 4.69) is 15.5 Å². The van der Waals surface area contributed by atoms with Gasteiger partial charge in [0.15, 0.2) is 0 Å². The van der Waals surface area contributed by atoms with E-state index in [9.17, 15) is 4.79 Å². The Bertz CT molecular complexity index is 554. The molecule has 1 heterocycles. The lowest BCUT2D eigenvalue weighted by Crippen LogP contribution is -2.10. The molecule has 2 aromatic rings. The van der Waals surface area contributed by atoms with Crippen molar-refractivity contribution in [3.63, 3.8) is 0 Å². The normalized spacial score (nSPS) is 19.3. The van der Waals surface area contributed by atoms with E-state index in [0.717, 1.165) is 18.5 Å². The molecule has 1 aliphatic rings. The Balaban J connectivity index is 1.86. The van der Waals surface area contributed by atoms with Crippen LogP contribution in [0.5, 0.6) is 0 Å². The minimum atomic E-state index is 0.0125. The standard InChI is InChI=1S/C12H12N4OS/c17-10-7-4-8-11(10)18-12-13-14-15-16(12)9-5-2-1-3-6-9/h1-3,5-6,11H,4,7-8H2/t11-/m0/s1. The van der Waals surface area contributed by atoms with Gasteiger partial charge in [0.1, 0.15) is 5.78 Å².